The average Bonchev–Trinajstić information content (AvgIpc) is 2.45. The molecule has 0 amide bonds. The Hall–Kier alpha value is -1.36. The first-order valence-corrected chi connectivity index (χ1v) is 8.47. The van der Waals surface area contributed by atoms with Crippen LogP contribution in [0.2, 0.25) is 10.4 Å². The van der Waals surface area contributed by atoms with Crippen LogP contribution in [-0.2, 0) is 6.54 Å². The molecule has 4 nitrogen and oxygen atoms in total. The number of benzene rings is 1. The predicted molar refractivity (Wildman–Crippen MR) is 95.2 cm³/mol. The van der Waals surface area contributed by atoms with Gasteiger partial charge in [-0.2, -0.15) is 0 Å². The molecule has 0 atom stereocenters. The van der Waals surface area contributed by atoms with Crippen molar-refractivity contribution in [2.75, 3.05) is 5.32 Å². The Labute approximate surface area is 146 Å². The molecular formula is C17H20Cl2N4. The van der Waals surface area contributed by atoms with E-state index in [0.29, 0.717) is 23.7 Å². The Morgan fingerprint density at radius 2 is 1.87 bits per heavy atom. The van der Waals surface area contributed by atoms with E-state index in [4.69, 9.17) is 28.9 Å². The first-order chi connectivity index (χ1) is 10.9. The van der Waals surface area contributed by atoms with Crippen molar-refractivity contribution < 1.29 is 0 Å². The lowest BCUT2D eigenvalue weighted by atomic mass is 9.75. The zero-order valence-electron chi connectivity index (χ0n) is 13.2. The van der Waals surface area contributed by atoms with Crippen LogP contribution in [0, 0.1) is 13.8 Å². The van der Waals surface area contributed by atoms with E-state index in [1.807, 2.05) is 0 Å². The van der Waals surface area contributed by atoms with Gasteiger partial charge in [-0.1, -0.05) is 23.7 Å². The van der Waals surface area contributed by atoms with Crippen LogP contribution in [0.15, 0.2) is 18.3 Å². The lowest BCUT2D eigenvalue weighted by Gasteiger charge is -2.33. The summed E-state index contributed by atoms with van der Waals surface area (Å²) in [5.41, 5.74) is 11.7. The maximum absolute atomic E-state index is 6.09. The summed E-state index contributed by atoms with van der Waals surface area (Å²) in [7, 11) is 0. The molecule has 23 heavy (non-hydrogen) atoms. The third-order valence-corrected chi connectivity index (χ3v) is 4.95. The highest BCUT2D eigenvalue weighted by Gasteiger charge is 2.27. The van der Waals surface area contributed by atoms with E-state index in [1.54, 1.807) is 6.20 Å². The molecule has 0 unspecified atom stereocenters. The van der Waals surface area contributed by atoms with Crippen molar-refractivity contribution in [2.45, 2.75) is 45.2 Å². The van der Waals surface area contributed by atoms with Crippen molar-refractivity contribution in [3.63, 3.8) is 0 Å². The zero-order valence-corrected chi connectivity index (χ0v) is 14.7. The normalized spacial score (nSPS) is 20.2. The van der Waals surface area contributed by atoms with Gasteiger partial charge in [-0.05, 0) is 60.9 Å². The van der Waals surface area contributed by atoms with E-state index >= 15 is 0 Å². The molecule has 1 aromatic heterocycles. The molecule has 1 aliphatic rings. The summed E-state index contributed by atoms with van der Waals surface area (Å²) >= 11 is 11.8. The van der Waals surface area contributed by atoms with E-state index < -0.39 is 0 Å². The highest BCUT2D eigenvalue weighted by atomic mass is 35.5. The van der Waals surface area contributed by atoms with Crippen molar-refractivity contribution >= 4 is 28.9 Å². The van der Waals surface area contributed by atoms with E-state index in [-0.39, 0.29) is 5.28 Å². The maximum atomic E-state index is 6.09. The summed E-state index contributed by atoms with van der Waals surface area (Å²) in [6, 6.07) is 4.88. The summed E-state index contributed by atoms with van der Waals surface area (Å²) < 4.78 is 0. The molecule has 122 valence electrons. The van der Waals surface area contributed by atoms with Gasteiger partial charge in [-0.3, -0.25) is 0 Å². The standard InChI is InChI=1S/C17H20Cl2N4/c1-9-3-11(12-5-14(20)6-12)4-10(2)15(9)21-7-13-8-22-17(19)23-16(13)18/h3-4,8,12,14,21H,5-7,20H2,1-2H3. The van der Waals surface area contributed by atoms with Gasteiger partial charge in [0.05, 0.1) is 0 Å². The van der Waals surface area contributed by atoms with Crippen molar-refractivity contribution in [1.29, 1.82) is 0 Å². The molecule has 3 rings (SSSR count). The fourth-order valence-corrected chi connectivity index (χ4v) is 3.49. The number of hydrogen-bond acceptors (Lipinski definition) is 4. The molecule has 0 bridgehead atoms. The van der Waals surface area contributed by atoms with Crippen molar-refractivity contribution in [2.24, 2.45) is 5.73 Å². The molecule has 0 radical (unpaired) electrons. The minimum atomic E-state index is 0.161. The third kappa shape index (κ3) is 3.60. The van der Waals surface area contributed by atoms with Gasteiger partial charge in [0.15, 0.2) is 0 Å². The Kier molecular flexibility index (Phi) is 4.76. The summed E-state index contributed by atoms with van der Waals surface area (Å²) in [6.45, 7) is 4.81. The van der Waals surface area contributed by atoms with Crippen LogP contribution in [-0.4, -0.2) is 16.0 Å². The number of halogens is 2. The Bertz CT molecular complexity index is 704. The molecule has 3 N–H and O–H groups in total. The summed E-state index contributed by atoms with van der Waals surface area (Å²) in [5, 5.41) is 3.98. The highest BCUT2D eigenvalue weighted by molar-refractivity contribution is 6.32. The molecule has 6 heteroatoms. The minimum Gasteiger partial charge on any atom is -0.380 e. The van der Waals surface area contributed by atoms with Crippen molar-refractivity contribution in [1.82, 2.24) is 9.97 Å². The molecule has 1 saturated carbocycles. The molecule has 1 aliphatic carbocycles. The fraction of sp³-hybridized carbons (Fsp3) is 0.412. The molecule has 2 aromatic rings. The lowest BCUT2D eigenvalue weighted by molar-refractivity contribution is 0.351. The van der Waals surface area contributed by atoms with E-state index in [9.17, 15) is 0 Å². The van der Waals surface area contributed by atoms with Gasteiger partial charge in [0, 0.05) is 30.0 Å². The fourth-order valence-electron chi connectivity index (χ4n) is 3.11. The van der Waals surface area contributed by atoms with Gasteiger partial charge in [0.2, 0.25) is 5.28 Å². The van der Waals surface area contributed by atoms with Crippen LogP contribution in [0.1, 0.15) is 41.0 Å². The van der Waals surface area contributed by atoms with Gasteiger partial charge in [-0.15, -0.1) is 0 Å². The Morgan fingerprint density at radius 3 is 2.43 bits per heavy atom. The quantitative estimate of drug-likeness (QED) is 0.640. The number of aryl methyl sites for hydroxylation is 2. The maximum Gasteiger partial charge on any atom is 0.223 e. The number of nitrogens with zero attached hydrogens (tertiary/aromatic N) is 2. The van der Waals surface area contributed by atoms with Gasteiger partial charge in [0.25, 0.3) is 0 Å². The number of anilines is 1. The van der Waals surface area contributed by atoms with Crippen LogP contribution in [0.4, 0.5) is 5.69 Å². The molecule has 0 spiro atoms. The van der Waals surface area contributed by atoms with Gasteiger partial charge in [0.1, 0.15) is 5.15 Å². The molecule has 1 heterocycles. The summed E-state index contributed by atoms with van der Waals surface area (Å²) in [4.78, 5) is 7.94. The molecule has 1 aromatic carbocycles. The van der Waals surface area contributed by atoms with Gasteiger partial charge < -0.3 is 11.1 Å². The second kappa shape index (κ2) is 6.63. The van der Waals surface area contributed by atoms with Crippen LogP contribution >= 0.6 is 23.2 Å². The third-order valence-electron chi connectivity index (χ3n) is 4.44. The van der Waals surface area contributed by atoms with Crippen molar-refractivity contribution in [3.8, 4) is 0 Å². The Morgan fingerprint density at radius 1 is 1.22 bits per heavy atom. The summed E-state index contributed by atoms with van der Waals surface area (Å²) in [5.74, 6) is 0.607. The lowest BCUT2D eigenvalue weighted by Crippen LogP contribution is -2.34. The predicted octanol–water partition coefficient (Wildman–Crippen LogP) is 4.22. The SMILES string of the molecule is Cc1cc(C2CC(N)C2)cc(C)c1NCc1cnc(Cl)nc1Cl. The monoisotopic (exact) mass is 350 g/mol. The number of hydrogen-bond donors (Lipinski definition) is 2. The zero-order chi connectivity index (χ0) is 16.6. The largest absolute Gasteiger partial charge is 0.380 e. The molecular weight excluding hydrogens is 331 g/mol. The number of aromatic nitrogens is 2. The average molecular weight is 351 g/mol. The topological polar surface area (TPSA) is 63.8 Å². The molecule has 0 aliphatic heterocycles. The van der Waals surface area contributed by atoms with E-state index in [2.05, 4.69) is 41.3 Å². The van der Waals surface area contributed by atoms with Crippen LogP contribution in [0.3, 0.4) is 0 Å². The molecule has 0 saturated heterocycles. The molecule has 1 fully saturated rings. The second-order valence-electron chi connectivity index (χ2n) is 6.27. The number of nitrogens with one attached hydrogen (secondary N) is 1. The van der Waals surface area contributed by atoms with E-state index in [1.165, 1.54) is 16.7 Å². The van der Waals surface area contributed by atoms with Crippen LogP contribution in [0.5, 0.6) is 0 Å². The van der Waals surface area contributed by atoms with Crippen LogP contribution < -0.4 is 11.1 Å². The number of rotatable bonds is 4. The second-order valence-corrected chi connectivity index (χ2v) is 6.96. The van der Waals surface area contributed by atoms with E-state index in [0.717, 1.165) is 24.1 Å². The van der Waals surface area contributed by atoms with Crippen LogP contribution in [0.25, 0.3) is 0 Å². The first-order valence-electron chi connectivity index (χ1n) is 7.71. The summed E-state index contributed by atoms with van der Waals surface area (Å²) in [6.07, 6.45) is 3.83. The number of nitrogens with two attached hydrogens (primary N) is 1. The van der Waals surface area contributed by atoms with Gasteiger partial charge in [-0.25, -0.2) is 9.97 Å². The van der Waals surface area contributed by atoms with Gasteiger partial charge >= 0.3 is 0 Å². The first kappa shape index (κ1) is 16.5. The Balaban J connectivity index is 1.75. The highest BCUT2D eigenvalue weighted by Crippen LogP contribution is 2.38. The minimum absolute atomic E-state index is 0.161. The smallest absolute Gasteiger partial charge is 0.223 e. The van der Waals surface area contributed by atoms with Crippen molar-refractivity contribution in [3.05, 3.63) is 51.0 Å².